The first-order valence-corrected chi connectivity index (χ1v) is 7.58. The standard InChI is InChI=1S/C11H19N3O4S/c1-4-11(5-2,10(15)16)13-19(17,18)9-7-14(6-3)8-12-9/h7-8,13H,4-6H2,1-3H3,(H,15,16). The number of nitrogens with one attached hydrogen (secondary N) is 1. The number of carboxylic acids is 1. The summed E-state index contributed by atoms with van der Waals surface area (Å²) in [6.07, 6.45) is 3.09. The predicted molar refractivity (Wildman–Crippen MR) is 69.2 cm³/mol. The van der Waals surface area contributed by atoms with E-state index in [2.05, 4.69) is 9.71 Å². The zero-order chi connectivity index (χ0) is 14.7. The normalized spacial score (nSPS) is 12.6. The highest BCUT2D eigenvalue weighted by molar-refractivity contribution is 7.89. The van der Waals surface area contributed by atoms with Gasteiger partial charge in [-0.1, -0.05) is 13.8 Å². The van der Waals surface area contributed by atoms with Crippen LogP contribution in [0.2, 0.25) is 0 Å². The minimum Gasteiger partial charge on any atom is -0.480 e. The van der Waals surface area contributed by atoms with Crippen molar-refractivity contribution < 1.29 is 18.3 Å². The molecule has 108 valence electrons. The Morgan fingerprint density at radius 3 is 2.37 bits per heavy atom. The number of nitrogens with zero attached hydrogens (tertiary/aromatic N) is 2. The lowest BCUT2D eigenvalue weighted by Crippen LogP contribution is -2.53. The molecule has 1 rings (SSSR count). The summed E-state index contributed by atoms with van der Waals surface area (Å²) in [7, 11) is -3.94. The molecule has 0 bridgehead atoms. The first kappa shape index (κ1) is 15.6. The van der Waals surface area contributed by atoms with Crippen LogP contribution in [0.25, 0.3) is 0 Å². The average molecular weight is 289 g/mol. The number of hydrogen-bond donors (Lipinski definition) is 2. The summed E-state index contributed by atoms with van der Waals surface area (Å²) in [5.74, 6) is -1.18. The largest absolute Gasteiger partial charge is 0.480 e. The van der Waals surface area contributed by atoms with Crippen LogP contribution in [0.1, 0.15) is 33.6 Å². The smallest absolute Gasteiger partial charge is 0.324 e. The van der Waals surface area contributed by atoms with Crippen LogP contribution in [0.4, 0.5) is 0 Å². The third-order valence-electron chi connectivity index (χ3n) is 3.20. The van der Waals surface area contributed by atoms with Crippen LogP contribution in [0.5, 0.6) is 0 Å². The topological polar surface area (TPSA) is 101 Å². The molecule has 0 aliphatic heterocycles. The highest BCUT2D eigenvalue weighted by Crippen LogP contribution is 2.19. The number of imidazole rings is 1. The van der Waals surface area contributed by atoms with E-state index in [1.807, 2.05) is 6.92 Å². The van der Waals surface area contributed by atoms with E-state index in [4.69, 9.17) is 0 Å². The Labute approximate surface area is 112 Å². The van der Waals surface area contributed by atoms with Crippen molar-refractivity contribution in [3.8, 4) is 0 Å². The van der Waals surface area contributed by atoms with E-state index < -0.39 is 21.5 Å². The van der Waals surface area contributed by atoms with Crippen molar-refractivity contribution in [2.45, 2.75) is 50.7 Å². The Kier molecular flexibility index (Phi) is 4.70. The van der Waals surface area contributed by atoms with E-state index in [1.165, 1.54) is 12.5 Å². The molecule has 0 spiro atoms. The van der Waals surface area contributed by atoms with Gasteiger partial charge in [0.2, 0.25) is 0 Å². The zero-order valence-electron chi connectivity index (χ0n) is 11.3. The highest BCUT2D eigenvalue weighted by atomic mass is 32.2. The molecule has 0 unspecified atom stereocenters. The molecule has 0 amide bonds. The molecule has 1 aromatic heterocycles. The Hall–Kier alpha value is -1.41. The molecular formula is C11H19N3O4S. The van der Waals surface area contributed by atoms with E-state index in [0.29, 0.717) is 6.54 Å². The molecule has 1 heterocycles. The molecule has 19 heavy (non-hydrogen) atoms. The van der Waals surface area contributed by atoms with Gasteiger partial charge in [0, 0.05) is 12.7 Å². The van der Waals surface area contributed by atoms with Crippen molar-refractivity contribution >= 4 is 16.0 Å². The number of hydrogen-bond acceptors (Lipinski definition) is 4. The van der Waals surface area contributed by atoms with Gasteiger partial charge in [0.1, 0.15) is 5.54 Å². The van der Waals surface area contributed by atoms with E-state index >= 15 is 0 Å². The van der Waals surface area contributed by atoms with E-state index in [-0.39, 0.29) is 17.9 Å². The highest BCUT2D eigenvalue weighted by Gasteiger charge is 2.39. The summed E-state index contributed by atoms with van der Waals surface area (Å²) in [6, 6.07) is 0. The second-order valence-corrected chi connectivity index (χ2v) is 5.87. The van der Waals surface area contributed by atoms with Crippen molar-refractivity contribution in [3.05, 3.63) is 12.5 Å². The second-order valence-electron chi connectivity index (χ2n) is 4.24. The molecule has 1 aromatic rings. The number of sulfonamides is 1. The van der Waals surface area contributed by atoms with Crippen molar-refractivity contribution in [2.75, 3.05) is 0 Å². The van der Waals surface area contributed by atoms with E-state index in [0.717, 1.165) is 0 Å². The molecule has 0 radical (unpaired) electrons. The number of rotatable bonds is 7. The monoisotopic (exact) mass is 289 g/mol. The summed E-state index contributed by atoms with van der Waals surface area (Å²) >= 11 is 0. The summed E-state index contributed by atoms with van der Waals surface area (Å²) < 4.78 is 28.2. The molecule has 0 aliphatic carbocycles. The fourth-order valence-electron chi connectivity index (χ4n) is 1.70. The van der Waals surface area contributed by atoms with Crippen molar-refractivity contribution in [1.82, 2.24) is 14.3 Å². The van der Waals surface area contributed by atoms with Crippen LogP contribution in [0, 0.1) is 0 Å². The number of aryl methyl sites for hydroxylation is 1. The summed E-state index contributed by atoms with van der Waals surface area (Å²) in [4.78, 5) is 15.1. The molecular weight excluding hydrogens is 270 g/mol. The van der Waals surface area contributed by atoms with Gasteiger partial charge >= 0.3 is 5.97 Å². The summed E-state index contributed by atoms with van der Waals surface area (Å²) in [5, 5.41) is 9.07. The fourth-order valence-corrected chi connectivity index (χ4v) is 3.16. The van der Waals surface area contributed by atoms with E-state index in [9.17, 15) is 18.3 Å². The lowest BCUT2D eigenvalue weighted by Gasteiger charge is -2.27. The average Bonchev–Trinajstić information content (AvgIpc) is 2.85. The van der Waals surface area contributed by atoms with Gasteiger partial charge in [0.05, 0.1) is 6.33 Å². The maximum Gasteiger partial charge on any atom is 0.324 e. The van der Waals surface area contributed by atoms with Crippen LogP contribution in [-0.4, -0.2) is 34.6 Å². The maximum atomic E-state index is 12.1. The minimum atomic E-state index is -3.94. The quantitative estimate of drug-likeness (QED) is 0.774. The van der Waals surface area contributed by atoms with Gasteiger partial charge in [0.25, 0.3) is 10.0 Å². The summed E-state index contributed by atoms with van der Waals surface area (Å²) in [6.45, 7) is 5.70. The van der Waals surface area contributed by atoms with Crippen LogP contribution in [0.15, 0.2) is 17.6 Å². The Balaban J connectivity index is 3.10. The lowest BCUT2D eigenvalue weighted by atomic mass is 9.95. The van der Waals surface area contributed by atoms with Gasteiger partial charge in [-0.2, -0.15) is 4.72 Å². The maximum absolute atomic E-state index is 12.1. The molecule has 0 fully saturated rings. The minimum absolute atomic E-state index is 0.159. The zero-order valence-corrected chi connectivity index (χ0v) is 12.1. The van der Waals surface area contributed by atoms with Crippen LogP contribution >= 0.6 is 0 Å². The molecule has 0 saturated carbocycles. The molecule has 7 nitrogen and oxygen atoms in total. The van der Waals surface area contributed by atoms with E-state index in [1.54, 1.807) is 18.4 Å². The van der Waals surface area contributed by atoms with Gasteiger partial charge < -0.3 is 9.67 Å². The van der Waals surface area contributed by atoms with Gasteiger partial charge in [-0.3, -0.25) is 4.79 Å². The lowest BCUT2D eigenvalue weighted by molar-refractivity contribution is -0.144. The van der Waals surface area contributed by atoms with Crippen LogP contribution in [-0.2, 0) is 21.4 Å². The Morgan fingerprint density at radius 2 is 2.00 bits per heavy atom. The number of carbonyl (C=O) groups is 1. The Morgan fingerprint density at radius 1 is 1.42 bits per heavy atom. The van der Waals surface area contributed by atoms with Gasteiger partial charge in [-0.25, -0.2) is 13.4 Å². The SMILES string of the molecule is CCn1cnc(S(=O)(=O)NC(CC)(CC)C(=O)O)c1. The molecule has 0 aliphatic rings. The number of aliphatic carboxylic acids is 1. The third kappa shape index (κ3) is 3.13. The summed E-state index contributed by atoms with van der Waals surface area (Å²) in [5.41, 5.74) is -1.49. The molecule has 0 atom stereocenters. The number of aromatic nitrogens is 2. The van der Waals surface area contributed by atoms with Crippen LogP contribution < -0.4 is 4.72 Å². The molecule has 0 saturated heterocycles. The molecule has 2 N–H and O–H groups in total. The van der Waals surface area contributed by atoms with Gasteiger partial charge in [-0.05, 0) is 19.8 Å². The molecule has 0 aromatic carbocycles. The van der Waals surface area contributed by atoms with Crippen molar-refractivity contribution in [1.29, 1.82) is 0 Å². The van der Waals surface area contributed by atoms with Crippen molar-refractivity contribution in [3.63, 3.8) is 0 Å². The first-order chi connectivity index (χ1) is 8.81. The Bertz CT molecular complexity index is 546. The predicted octanol–water partition coefficient (Wildman–Crippen LogP) is 0.825. The van der Waals surface area contributed by atoms with Gasteiger partial charge in [0.15, 0.2) is 5.03 Å². The van der Waals surface area contributed by atoms with Crippen molar-refractivity contribution in [2.24, 2.45) is 0 Å². The first-order valence-electron chi connectivity index (χ1n) is 6.10. The third-order valence-corrected chi connectivity index (χ3v) is 4.62. The fraction of sp³-hybridized carbons (Fsp3) is 0.636. The molecule has 8 heteroatoms. The van der Waals surface area contributed by atoms with Crippen LogP contribution in [0.3, 0.4) is 0 Å². The number of carboxylic acid groups (broad SMARTS) is 1. The van der Waals surface area contributed by atoms with Gasteiger partial charge in [-0.15, -0.1) is 0 Å². The second kappa shape index (κ2) is 5.70.